The minimum absolute atomic E-state index is 0.0281. The first-order chi connectivity index (χ1) is 11.6. The number of carboxylic acids is 1. The SMILES string of the molecule is O=C(O)CCOc1ccc(C=C2CCc3ccccc3C2=O)cc1. The molecule has 0 fully saturated rings. The largest absolute Gasteiger partial charge is 0.493 e. The van der Waals surface area contributed by atoms with Gasteiger partial charge in [0.1, 0.15) is 5.75 Å². The van der Waals surface area contributed by atoms with Crippen LogP contribution in [0.2, 0.25) is 0 Å². The highest BCUT2D eigenvalue weighted by Crippen LogP contribution is 2.26. The first-order valence-electron chi connectivity index (χ1n) is 7.91. The number of ketones is 1. The summed E-state index contributed by atoms with van der Waals surface area (Å²) >= 11 is 0. The van der Waals surface area contributed by atoms with E-state index in [4.69, 9.17) is 9.84 Å². The van der Waals surface area contributed by atoms with Crippen LogP contribution in [-0.4, -0.2) is 23.5 Å². The molecule has 4 nitrogen and oxygen atoms in total. The molecule has 2 aromatic rings. The molecule has 4 heteroatoms. The maximum Gasteiger partial charge on any atom is 0.306 e. The Morgan fingerprint density at radius 1 is 1.08 bits per heavy atom. The molecule has 24 heavy (non-hydrogen) atoms. The number of allylic oxidation sites excluding steroid dienone is 1. The number of carboxylic acid groups (broad SMARTS) is 1. The molecule has 3 rings (SSSR count). The van der Waals surface area contributed by atoms with Crippen LogP contribution in [0.1, 0.15) is 34.3 Å². The van der Waals surface area contributed by atoms with E-state index in [0.29, 0.717) is 5.75 Å². The molecule has 0 heterocycles. The van der Waals surface area contributed by atoms with Gasteiger partial charge in [0.15, 0.2) is 5.78 Å². The monoisotopic (exact) mass is 322 g/mol. The molecule has 0 saturated carbocycles. The van der Waals surface area contributed by atoms with Crippen LogP contribution in [0.25, 0.3) is 6.08 Å². The van der Waals surface area contributed by atoms with Gasteiger partial charge >= 0.3 is 5.97 Å². The number of aliphatic carboxylic acids is 1. The Morgan fingerprint density at radius 3 is 2.58 bits per heavy atom. The molecule has 0 amide bonds. The molecule has 1 aliphatic carbocycles. The quantitative estimate of drug-likeness (QED) is 0.852. The van der Waals surface area contributed by atoms with E-state index >= 15 is 0 Å². The van der Waals surface area contributed by atoms with E-state index in [0.717, 1.165) is 35.1 Å². The first kappa shape index (κ1) is 16.0. The van der Waals surface area contributed by atoms with Crippen LogP contribution >= 0.6 is 0 Å². The lowest BCUT2D eigenvalue weighted by Crippen LogP contribution is -2.13. The Hall–Kier alpha value is -2.88. The first-order valence-corrected chi connectivity index (χ1v) is 7.91. The topological polar surface area (TPSA) is 63.6 Å². The van der Waals surface area contributed by atoms with Crippen LogP contribution in [0.3, 0.4) is 0 Å². The highest BCUT2D eigenvalue weighted by Gasteiger charge is 2.20. The Bertz CT molecular complexity index is 788. The van der Waals surface area contributed by atoms with Crippen molar-refractivity contribution >= 4 is 17.8 Å². The number of ether oxygens (including phenoxy) is 1. The third kappa shape index (κ3) is 3.71. The third-order valence-corrected chi connectivity index (χ3v) is 4.02. The van der Waals surface area contributed by atoms with Crippen molar-refractivity contribution in [1.29, 1.82) is 0 Å². The Morgan fingerprint density at radius 2 is 1.83 bits per heavy atom. The zero-order valence-electron chi connectivity index (χ0n) is 13.2. The van der Waals surface area contributed by atoms with Crippen molar-refractivity contribution in [2.45, 2.75) is 19.3 Å². The third-order valence-electron chi connectivity index (χ3n) is 4.02. The molecule has 0 radical (unpaired) electrons. The Balaban J connectivity index is 1.70. The van der Waals surface area contributed by atoms with E-state index in [2.05, 4.69) is 0 Å². The predicted octanol–water partition coefficient (Wildman–Crippen LogP) is 3.75. The molecular weight excluding hydrogens is 304 g/mol. The minimum atomic E-state index is -0.882. The standard InChI is InChI=1S/C20H18O4/c21-19(22)11-12-24-17-9-5-14(6-10-17)13-16-8-7-15-3-1-2-4-18(15)20(16)23/h1-6,9-10,13H,7-8,11-12H2,(H,21,22). The van der Waals surface area contributed by atoms with Gasteiger partial charge in [0.2, 0.25) is 0 Å². The van der Waals surface area contributed by atoms with Crippen LogP contribution < -0.4 is 4.74 Å². The number of carbonyl (C=O) groups excluding carboxylic acids is 1. The van der Waals surface area contributed by atoms with E-state index in [1.54, 1.807) is 12.1 Å². The molecule has 1 aliphatic rings. The summed E-state index contributed by atoms with van der Waals surface area (Å²) in [5.74, 6) is -0.162. The van der Waals surface area contributed by atoms with Crippen LogP contribution in [0.4, 0.5) is 0 Å². The fourth-order valence-corrected chi connectivity index (χ4v) is 2.77. The van der Waals surface area contributed by atoms with Gasteiger partial charge < -0.3 is 9.84 Å². The average molecular weight is 322 g/mol. The van der Waals surface area contributed by atoms with Crippen LogP contribution in [0.15, 0.2) is 54.1 Å². The van der Waals surface area contributed by atoms with Gasteiger partial charge in [0.25, 0.3) is 0 Å². The lowest BCUT2D eigenvalue weighted by atomic mass is 9.86. The lowest BCUT2D eigenvalue weighted by molar-refractivity contribution is -0.137. The molecule has 0 aliphatic heterocycles. The van der Waals surface area contributed by atoms with Crippen molar-refractivity contribution in [2.24, 2.45) is 0 Å². The summed E-state index contributed by atoms with van der Waals surface area (Å²) in [6, 6.07) is 15.1. The molecule has 0 spiro atoms. The summed E-state index contributed by atoms with van der Waals surface area (Å²) < 4.78 is 5.36. The number of aryl methyl sites for hydroxylation is 1. The second-order valence-corrected chi connectivity index (χ2v) is 5.72. The summed E-state index contributed by atoms with van der Waals surface area (Å²) in [5.41, 5.74) is 3.65. The Kier molecular flexibility index (Phi) is 4.75. The summed E-state index contributed by atoms with van der Waals surface area (Å²) in [7, 11) is 0. The highest BCUT2D eigenvalue weighted by atomic mass is 16.5. The van der Waals surface area contributed by atoms with E-state index in [9.17, 15) is 9.59 Å². The maximum absolute atomic E-state index is 12.5. The number of carbonyl (C=O) groups is 2. The summed E-state index contributed by atoms with van der Waals surface area (Å²) in [6.07, 6.45) is 3.51. The number of hydrogen-bond donors (Lipinski definition) is 1. The van der Waals surface area contributed by atoms with Crippen molar-refractivity contribution in [3.63, 3.8) is 0 Å². The average Bonchev–Trinajstić information content (AvgIpc) is 2.59. The molecular formula is C20H18O4. The van der Waals surface area contributed by atoms with E-state index < -0.39 is 5.97 Å². The summed E-state index contributed by atoms with van der Waals surface area (Å²) in [4.78, 5) is 23.0. The molecule has 0 bridgehead atoms. The van der Waals surface area contributed by atoms with Crippen molar-refractivity contribution < 1.29 is 19.4 Å². The van der Waals surface area contributed by atoms with Gasteiger partial charge in [-0.15, -0.1) is 0 Å². The maximum atomic E-state index is 12.5. The minimum Gasteiger partial charge on any atom is -0.493 e. The van der Waals surface area contributed by atoms with Crippen molar-refractivity contribution in [1.82, 2.24) is 0 Å². The van der Waals surface area contributed by atoms with Crippen LogP contribution in [0, 0.1) is 0 Å². The van der Waals surface area contributed by atoms with Gasteiger partial charge in [0.05, 0.1) is 13.0 Å². The van der Waals surface area contributed by atoms with Gasteiger partial charge in [0, 0.05) is 11.1 Å². The molecule has 0 saturated heterocycles. The number of Topliss-reactive ketones (excluding diaryl/α,β-unsaturated/α-hetero) is 1. The molecule has 0 atom stereocenters. The predicted molar refractivity (Wildman–Crippen MR) is 91.3 cm³/mol. The number of benzene rings is 2. The van der Waals surface area contributed by atoms with Gasteiger partial charge in [-0.05, 0) is 42.2 Å². The van der Waals surface area contributed by atoms with Crippen molar-refractivity contribution in [3.05, 3.63) is 70.8 Å². The van der Waals surface area contributed by atoms with E-state index in [1.807, 2.05) is 42.5 Å². The van der Waals surface area contributed by atoms with Gasteiger partial charge in [-0.2, -0.15) is 0 Å². The van der Waals surface area contributed by atoms with Crippen LogP contribution in [0.5, 0.6) is 5.75 Å². The van der Waals surface area contributed by atoms with Crippen molar-refractivity contribution in [2.75, 3.05) is 6.61 Å². The van der Waals surface area contributed by atoms with E-state index in [-0.39, 0.29) is 18.8 Å². The Labute approximate surface area is 140 Å². The molecule has 0 unspecified atom stereocenters. The van der Waals surface area contributed by atoms with E-state index in [1.165, 1.54) is 0 Å². The second-order valence-electron chi connectivity index (χ2n) is 5.72. The number of rotatable bonds is 5. The second kappa shape index (κ2) is 7.13. The fourth-order valence-electron chi connectivity index (χ4n) is 2.77. The highest BCUT2D eigenvalue weighted by molar-refractivity contribution is 6.13. The fraction of sp³-hybridized carbons (Fsp3) is 0.200. The summed E-state index contributed by atoms with van der Waals surface area (Å²) in [6.45, 7) is 0.144. The zero-order chi connectivity index (χ0) is 16.9. The van der Waals surface area contributed by atoms with Gasteiger partial charge in [-0.25, -0.2) is 0 Å². The summed E-state index contributed by atoms with van der Waals surface area (Å²) in [5, 5.41) is 8.59. The van der Waals surface area contributed by atoms with Crippen LogP contribution in [-0.2, 0) is 11.2 Å². The number of hydrogen-bond acceptors (Lipinski definition) is 3. The molecule has 1 N–H and O–H groups in total. The molecule has 0 aromatic heterocycles. The smallest absolute Gasteiger partial charge is 0.306 e. The molecule has 2 aromatic carbocycles. The van der Waals surface area contributed by atoms with Gasteiger partial charge in [-0.1, -0.05) is 36.4 Å². The van der Waals surface area contributed by atoms with Crippen molar-refractivity contribution in [3.8, 4) is 5.75 Å². The normalized spacial score (nSPS) is 15.2. The lowest BCUT2D eigenvalue weighted by Gasteiger charge is -2.17. The van der Waals surface area contributed by atoms with Gasteiger partial charge in [-0.3, -0.25) is 9.59 Å². The molecule has 122 valence electrons. The number of fused-ring (bicyclic) bond motifs is 1. The zero-order valence-corrected chi connectivity index (χ0v) is 13.2.